The molecule has 0 unspecified atom stereocenters. The Balaban J connectivity index is 0. The number of hydroxylamine groups is 1. The van der Waals surface area contributed by atoms with Crippen LogP contribution >= 0.6 is 0 Å². The smallest absolute Gasteiger partial charge is 0.129 e. The van der Waals surface area contributed by atoms with Crippen LogP contribution < -0.4 is 10.2 Å². The number of halogens is 1. The number of nitrogens with two attached hydrogens (primary N) is 1. The first-order valence-electron chi connectivity index (χ1n) is 5.19. The molecule has 0 fully saturated rings. The van der Waals surface area contributed by atoms with Gasteiger partial charge in [-0.3, -0.25) is 0 Å². The Hall–Kier alpha value is -0.190. The minimum Gasteiger partial charge on any atom is -1.00 e. The Morgan fingerprint density at radius 3 is 1.86 bits per heavy atom. The molecule has 0 spiro atoms. The largest absolute Gasteiger partial charge is 1.00 e. The maximum Gasteiger partial charge on any atom is 0.129 e. The topological polar surface area (TPSA) is 35.1 Å². The summed E-state index contributed by atoms with van der Waals surface area (Å²) < 4.78 is 4.91. The molecule has 0 heterocycles. The van der Waals surface area contributed by atoms with E-state index >= 15 is 0 Å². The van der Waals surface area contributed by atoms with Gasteiger partial charge in [-0.15, -0.1) is 0 Å². The van der Waals surface area contributed by atoms with Crippen LogP contribution in [0.1, 0.15) is 40.0 Å². The van der Waals surface area contributed by atoms with E-state index in [1.807, 2.05) is 5.48 Å². The van der Waals surface area contributed by atoms with E-state index in [1.54, 1.807) is 7.11 Å². The molecule has 4 heteroatoms. The fourth-order valence-corrected chi connectivity index (χ4v) is 1.37. The molecule has 0 atom stereocenters. The first kappa shape index (κ1) is 16.2. The number of ether oxygens (including phenoxy) is 1. The van der Waals surface area contributed by atoms with Gasteiger partial charge in [0.1, 0.15) is 12.1 Å². The van der Waals surface area contributed by atoms with E-state index in [0.29, 0.717) is 13.2 Å². The lowest BCUT2D eigenvalue weighted by Gasteiger charge is -2.26. The molecule has 0 amide bonds. The lowest BCUT2D eigenvalue weighted by atomic mass is 9.91. The molecule has 0 rings (SSSR count). The van der Waals surface area contributed by atoms with E-state index in [1.165, 1.54) is 0 Å². The third-order valence-corrected chi connectivity index (χ3v) is 2.85. The first-order valence-corrected chi connectivity index (χ1v) is 5.19. The molecule has 0 saturated heterocycles. The van der Waals surface area contributed by atoms with E-state index in [0.717, 1.165) is 19.3 Å². The highest BCUT2D eigenvalue weighted by Gasteiger charge is 2.28. The molecule has 88 valence electrons. The molecule has 0 aliphatic carbocycles. The van der Waals surface area contributed by atoms with Gasteiger partial charge < -0.3 is 9.44 Å². The van der Waals surface area contributed by atoms with Gasteiger partial charge in [0, 0.05) is 26.4 Å². The standard InChI is InChI=1S/C10H23NO2.FH/c1-5-10(6-2,7-3)11-13-9-8-12-4;/h11H,5-9H2,1-4H3;1H. The van der Waals surface area contributed by atoms with E-state index < -0.39 is 0 Å². The van der Waals surface area contributed by atoms with Crippen LogP contribution in [-0.4, -0.2) is 25.9 Å². The summed E-state index contributed by atoms with van der Waals surface area (Å²) in [7, 11) is 1.69. The predicted molar refractivity (Wildman–Crippen MR) is 53.4 cm³/mol. The Kier molecular flexibility index (Phi) is 10.9. The van der Waals surface area contributed by atoms with Crippen molar-refractivity contribution < 1.29 is 19.8 Å². The minimum absolute atomic E-state index is 0. The fraction of sp³-hybridized carbons (Fsp3) is 1.00. The van der Waals surface area contributed by atoms with Crippen LogP contribution in [0.2, 0.25) is 0 Å². The zero-order valence-electron chi connectivity index (χ0n) is 9.81. The number of hydrogen-bond acceptors (Lipinski definition) is 2. The van der Waals surface area contributed by atoms with Crippen molar-refractivity contribution in [3.63, 3.8) is 0 Å². The van der Waals surface area contributed by atoms with Crippen LogP contribution in [0, 0.1) is 0 Å². The monoisotopic (exact) mass is 209 g/mol. The minimum atomic E-state index is 0. The highest BCUT2D eigenvalue weighted by molar-refractivity contribution is 4.70. The molecule has 0 bridgehead atoms. The summed E-state index contributed by atoms with van der Waals surface area (Å²) in [6.07, 6.45) is 3.44. The molecule has 0 saturated carbocycles. The summed E-state index contributed by atoms with van der Waals surface area (Å²) in [6, 6.07) is 0. The van der Waals surface area contributed by atoms with Crippen molar-refractivity contribution in [3.8, 4) is 0 Å². The van der Waals surface area contributed by atoms with Gasteiger partial charge >= 0.3 is 0 Å². The van der Waals surface area contributed by atoms with Crippen molar-refractivity contribution in [1.29, 1.82) is 0 Å². The van der Waals surface area contributed by atoms with Crippen molar-refractivity contribution in [1.82, 2.24) is 0 Å². The van der Waals surface area contributed by atoms with E-state index in [-0.39, 0.29) is 10.2 Å². The highest BCUT2D eigenvalue weighted by atomic mass is 19.0. The van der Waals surface area contributed by atoms with Crippen LogP contribution in [0.15, 0.2) is 0 Å². The summed E-state index contributed by atoms with van der Waals surface area (Å²) in [4.78, 5) is 5.46. The summed E-state index contributed by atoms with van der Waals surface area (Å²) >= 11 is 0. The Bertz CT molecular complexity index is 110. The molecule has 0 aromatic carbocycles. The summed E-state index contributed by atoms with van der Waals surface area (Å²) in [5.74, 6) is 0. The van der Waals surface area contributed by atoms with Gasteiger partial charge in [-0.25, -0.2) is 4.84 Å². The molecular formula is C10H24FNO2. The molecule has 0 aromatic rings. The third kappa shape index (κ3) is 5.52. The van der Waals surface area contributed by atoms with E-state index in [2.05, 4.69) is 20.8 Å². The van der Waals surface area contributed by atoms with Crippen molar-refractivity contribution in [2.24, 2.45) is 0 Å². The summed E-state index contributed by atoms with van der Waals surface area (Å²) in [5.41, 5.74) is 2.28. The number of hydrogen-bond donors (Lipinski definition) is 1. The maximum atomic E-state index is 5.46. The quantitative estimate of drug-likeness (QED) is 0.374. The van der Waals surface area contributed by atoms with Crippen LogP contribution in [-0.2, 0) is 9.57 Å². The van der Waals surface area contributed by atoms with E-state index in [4.69, 9.17) is 9.57 Å². The zero-order chi connectivity index (χ0) is 10.2. The van der Waals surface area contributed by atoms with Crippen LogP contribution in [0.3, 0.4) is 0 Å². The molecule has 2 N–H and O–H groups in total. The van der Waals surface area contributed by atoms with Gasteiger partial charge in [0.25, 0.3) is 0 Å². The van der Waals surface area contributed by atoms with Gasteiger partial charge in [0.2, 0.25) is 0 Å². The lowest BCUT2D eigenvalue weighted by molar-refractivity contribution is -0.943. The SMILES string of the molecule is CCC(CC)(CC)[NH2+]OCCOC.[F-]. The molecule has 0 aromatic heterocycles. The van der Waals surface area contributed by atoms with Crippen LogP contribution in [0.4, 0.5) is 0 Å². The Morgan fingerprint density at radius 1 is 1.00 bits per heavy atom. The first-order chi connectivity index (χ1) is 6.24. The molecular weight excluding hydrogens is 185 g/mol. The Labute approximate surface area is 86.5 Å². The average molecular weight is 209 g/mol. The average Bonchev–Trinajstić information content (AvgIpc) is 2.20. The summed E-state index contributed by atoms with van der Waals surface area (Å²) in [5, 5.41) is 0. The van der Waals surface area contributed by atoms with Gasteiger partial charge in [0.15, 0.2) is 0 Å². The molecule has 0 aliphatic rings. The van der Waals surface area contributed by atoms with Crippen molar-refractivity contribution >= 4 is 0 Å². The van der Waals surface area contributed by atoms with Crippen molar-refractivity contribution in [2.45, 2.75) is 45.6 Å². The second kappa shape index (κ2) is 9.37. The molecule has 3 nitrogen and oxygen atoms in total. The maximum absolute atomic E-state index is 5.46. The van der Waals surface area contributed by atoms with Crippen molar-refractivity contribution in [2.75, 3.05) is 20.3 Å². The predicted octanol–water partition coefficient (Wildman–Crippen LogP) is -1.90. The second-order valence-corrected chi connectivity index (χ2v) is 3.40. The van der Waals surface area contributed by atoms with Crippen molar-refractivity contribution in [3.05, 3.63) is 0 Å². The van der Waals surface area contributed by atoms with Crippen LogP contribution in [0.5, 0.6) is 0 Å². The fourth-order valence-electron chi connectivity index (χ4n) is 1.37. The summed E-state index contributed by atoms with van der Waals surface area (Å²) in [6.45, 7) is 7.97. The van der Waals surface area contributed by atoms with Gasteiger partial charge in [0.05, 0.1) is 6.61 Å². The Morgan fingerprint density at radius 2 is 1.50 bits per heavy atom. The highest BCUT2D eigenvalue weighted by Crippen LogP contribution is 2.13. The number of rotatable bonds is 8. The lowest BCUT2D eigenvalue weighted by Crippen LogP contribution is -3.00. The van der Waals surface area contributed by atoms with Crippen LogP contribution in [0.25, 0.3) is 0 Å². The molecule has 0 radical (unpaired) electrons. The van der Waals surface area contributed by atoms with Gasteiger partial charge in [-0.1, -0.05) is 20.8 Å². The zero-order valence-corrected chi connectivity index (χ0v) is 9.81. The normalized spacial score (nSPS) is 11.1. The number of quaternary nitrogens is 1. The molecule has 0 aliphatic heterocycles. The second-order valence-electron chi connectivity index (χ2n) is 3.40. The molecule has 14 heavy (non-hydrogen) atoms. The van der Waals surface area contributed by atoms with E-state index in [9.17, 15) is 0 Å². The van der Waals surface area contributed by atoms with Gasteiger partial charge in [-0.2, -0.15) is 5.48 Å². The van der Waals surface area contributed by atoms with Gasteiger partial charge in [-0.05, 0) is 0 Å². The third-order valence-electron chi connectivity index (χ3n) is 2.85. The number of methoxy groups -OCH3 is 1.